The van der Waals surface area contributed by atoms with Crippen LogP contribution in [-0.2, 0) is 10.0 Å². The summed E-state index contributed by atoms with van der Waals surface area (Å²) in [6, 6.07) is 12.7. The lowest BCUT2D eigenvalue weighted by Crippen LogP contribution is -2.45. The number of nitrogens with zero attached hydrogens (tertiary/aromatic N) is 2. The molecule has 1 amide bonds. The molecular weight excluding hydrogens is 480 g/mol. The summed E-state index contributed by atoms with van der Waals surface area (Å²) in [5.41, 5.74) is 1.77. The van der Waals surface area contributed by atoms with Crippen LogP contribution >= 0.6 is 22.9 Å². The standard InChI is InChI=1S/C21H18ClF2N3O3S2/c22-14-5-1-12(2-6-14)18-19(13-3-7-17(8-4-13)32(25,29)30)31-20(26-18)21(28)27-10-15(23)9-16(24)11-27/h1-8,15-16H,9-11H2,(H2,25,29,30)/t15-,16+. The van der Waals surface area contributed by atoms with Gasteiger partial charge in [0.2, 0.25) is 10.0 Å². The molecule has 1 aliphatic rings. The van der Waals surface area contributed by atoms with Gasteiger partial charge in [0.25, 0.3) is 5.91 Å². The predicted octanol–water partition coefficient (Wildman–Crippen LogP) is 4.30. The first-order chi connectivity index (χ1) is 15.1. The van der Waals surface area contributed by atoms with E-state index in [-0.39, 0.29) is 29.4 Å². The number of primary sulfonamides is 1. The SMILES string of the molecule is NS(=O)(=O)c1ccc(-c2sc(C(=O)N3C[C@H](F)C[C@H](F)C3)nc2-c2ccc(Cl)cc2)cc1. The Morgan fingerprint density at radius 1 is 1.03 bits per heavy atom. The van der Waals surface area contributed by atoms with Crippen LogP contribution < -0.4 is 5.14 Å². The van der Waals surface area contributed by atoms with Gasteiger partial charge < -0.3 is 4.90 Å². The molecule has 0 aliphatic carbocycles. The molecule has 168 valence electrons. The predicted molar refractivity (Wildman–Crippen MR) is 120 cm³/mol. The smallest absolute Gasteiger partial charge is 0.283 e. The molecule has 0 unspecified atom stereocenters. The number of rotatable bonds is 4. The summed E-state index contributed by atoms with van der Waals surface area (Å²) in [5.74, 6) is -0.553. The molecule has 1 fully saturated rings. The third kappa shape index (κ3) is 4.83. The number of piperidine rings is 1. The second kappa shape index (κ2) is 8.86. The largest absolute Gasteiger partial charge is 0.331 e. The van der Waals surface area contributed by atoms with E-state index in [1.165, 1.54) is 12.1 Å². The number of carbonyl (C=O) groups is 1. The van der Waals surface area contributed by atoms with E-state index >= 15 is 0 Å². The topological polar surface area (TPSA) is 93.4 Å². The number of benzene rings is 2. The minimum Gasteiger partial charge on any atom is -0.331 e. The van der Waals surface area contributed by atoms with Crippen LogP contribution in [0.5, 0.6) is 0 Å². The molecule has 6 nitrogen and oxygen atoms in total. The van der Waals surface area contributed by atoms with Crippen molar-refractivity contribution in [2.24, 2.45) is 5.14 Å². The highest BCUT2D eigenvalue weighted by Crippen LogP contribution is 2.38. The number of sulfonamides is 1. The maximum Gasteiger partial charge on any atom is 0.283 e. The molecule has 2 N–H and O–H groups in total. The first-order valence-corrected chi connectivity index (χ1v) is 12.3. The quantitative estimate of drug-likeness (QED) is 0.581. The van der Waals surface area contributed by atoms with Gasteiger partial charge in [-0.1, -0.05) is 35.9 Å². The number of aromatic nitrogens is 1. The molecule has 0 saturated carbocycles. The Bertz CT molecular complexity index is 1240. The van der Waals surface area contributed by atoms with Crippen molar-refractivity contribution in [2.75, 3.05) is 13.1 Å². The zero-order valence-electron chi connectivity index (χ0n) is 16.5. The Kier molecular flexibility index (Phi) is 6.30. The number of carbonyl (C=O) groups excluding carboxylic acids is 1. The minimum absolute atomic E-state index is 0.0496. The highest BCUT2D eigenvalue weighted by atomic mass is 35.5. The van der Waals surface area contributed by atoms with E-state index in [0.717, 1.165) is 16.2 Å². The molecule has 0 bridgehead atoms. The van der Waals surface area contributed by atoms with Gasteiger partial charge in [-0.15, -0.1) is 11.3 Å². The summed E-state index contributed by atoms with van der Waals surface area (Å²) in [6.45, 7) is -0.374. The van der Waals surface area contributed by atoms with Crippen LogP contribution in [0.4, 0.5) is 8.78 Å². The van der Waals surface area contributed by atoms with Gasteiger partial charge in [-0.25, -0.2) is 27.3 Å². The first kappa shape index (κ1) is 22.8. The zero-order chi connectivity index (χ0) is 23.0. The van der Waals surface area contributed by atoms with Crippen LogP contribution in [0.25, 0.3) is 21.7 Å². The fourth-order valence-corrected chi connectivity index (χ4v) is 5.19. The summed E-state index contributed by atoms with van der Waals surface area (Å²) in [5, 5.41) is 5.78. The van der Waals surface area contributed by atoms with E-state index in [4.69, 9.17) is 16.7 Å². The zero-order valence-corrected chi connectivity index (χ0v) is 18.9. The summed E-state index contributed by atoms with van der Waals surface area (Å²) in [7, 11) is -3.86. The van der Waals surface area contributed by atoms with E-state index < -0.39 is 28.3 Å². The fraction of sp³-hybridized carbons (Fsp3) is 0.238. The Hall–Kier alpha value is -2.40. The van der Waals surface area contributed by atoms with Gasteiger partial charge >= 0.3 is 0 Å². The maximum atomic E-state index is 13.8. The second-order valence-electron chi connectivity index (χ2n) is 7.41. The van der Waals surface area contributed by atoms with Crippen molar-refractivity contribution in [1.29, 1.82) is 0 Å². The maximum absolute atomic E-state index is 13.8. The number of hydrogen-bond donors (Lipinski definition) is 1. The number of thiazole rings is 1. The van der Waals surface area contributed by atoms with Crippen LogP contribution in [0.2, 0.25) is 5.02 Å². The summed E-state index contributed by atoms with van der Waals surface area (Å²) >= 11 is 7.05. The number of likely N-dealkylation sites (tertiary alicyclic amines) is 1. The van der Waals surface area contributed by atoms with Gasteiger partial charge in [0.1, 0.15) is 12.3 Å². The van der Waals surface area contributed by atoms with Crippen molar-refractivity contribution in [3.05, 3.63) is 58.6 Å². The van der Waals surface area contributed by atoms with Gasteiger partial charge in [-0.3, -0.25) is 4.79 Å². The number of nitrogens with two attached hydrogens (primary N) is 1. The average Bonchev–Trinajstić information content (AvgIpc) is 3.18. The summed E-state index contributed by atoms with van der Waals surface area (Å²) in [4.78, 5) is 19.1. The Morgan fingerprint density at radius 3 is 2.16 bits per heavy atom. The van der Waals surface area contributed by atoms with Crippen molar-refractivity contribution >= 4 is 38.9 Å². The first-order valence-electron chi connectivity index (χ1n) is 9.59. The molecule has 32 heavy (non-hydrogen) atoms. The van der Waals surface area contributed by atoms with E-state index in [9.17, 15) is 22.0 Å². The van der Waals surface area contributed by atoms with Crippen molar-refractivity contribution in [1.82, 2.24) is 9.88 Å². The highest BCUT2D eigenvalue weighted by Gasteiger charge is 2.32. The number of hydrogen-bond acceptors (Lipinski definition) is 5. The number of alkyl halides is 2. The van der Waals surface area contributed by atoms with Crippen molar-refractivity contribution < 1.29 is 22.0 Å². The third-order valence-corrected chi connectivity index (χ3v) is 7.28. The lowest BCUT2D eigenvalue weighted by molar-refractivity contribution is 0.0469. The lowest BCUT2D eigenvalue weighted by Gasteiger charge is -2.30. The Morgan fingerprint density at radius 2 is 1.59 bits per heavy atom. The average molecular weight is 498 g/mol. The van der Waals surface area contributed by atoms with E-state index in [1.54, 1.807) is 36.4 Å². The molecular formula is C21H18ClF2N3O3S2. The van der Waals surface area contributed by atoms with Crippen LogP contribution in [-0.4, -0.2) is 49.6 Å². The fourth-order valence-electron chi connectivity index (χ4n) is 3.49. The number of halogens is 3. The minimum atomic E-state index is -3.86. The van der Waals surface area contributed by atoms with Crippen LogP contribution in [0, 0.1) is 0 Å². The van der Waals surface area contributed by atoms with Gasteiger partial charge in [0.05, 0.1) is 28.6 Å². The molecule has 0 radical (unpaired) electrons. The number of amides is 1. The molecule has 1 aromatic heterocycles. The molecule has 4 rings (SSSR count). The highest BCUT2D eigenvalue weighted by molar-refractivity contribution is 7.89. The molecule has 1 aliphatic heterocycles. The van der Waals surface area contributed by atoms with E-state index in [0.29, 0.717) is 26.7 Å². The van der Waals surface area contributed by atoms with Crippen molar-refractivity contribution in [2.45, 2.75) is 23.7 Å². The van der Waals surface area contributed by atoms with Gasteiger partial charge in [0, 0.05) is 17.0 Å². The van der Waals surface area contributed by atoms with Crippen LogP contribution in [0.15, 0.2) is 53.4 Å². The molecule has 2 atom stereocenters. The molecule has 2 heterocycles. The second-order valence-corrected chi connectivity index (χ2v) is 10.4. The Labute approximate surface area is 192 Å². The summed E-state index contributed by atoms with van der Waals surface area (Å²) < 4.78 is 50.8. The van der Waals surface area contributed by atoms with Crippen molar-refractivity contribution in [3.63, 3.8) is 0 Å². The molecule has 2 aromatic carbocycles. The van der Waals surface area contributed by atoms with E-state index in [2.05, 4.69) is 4.98 Å². The monoisotopic (exact) mass is 497 g/mol. The van der Waals surface area contributed by atoms with Crippen LogP contribution in [0.1, 0.15) is 16.2 Å². The van der Waals surface area contributed by atoms with Crippen LogP contribution in [0.3, 0.4) is 0 Å². The summed E-state index contributed by atoms with van der Waals surface area (Å²) in [6.07, 6.45) is -3.08. The van der Waals surface area contributed by atoms with E-state index in [1.807, 2.05) is 0 Å². The normalized spacial score (nSPS) is 19.2. The van der Waals surface area contributed by atoms with Crippen molar-refractivity contribution in [3.8, 4) is 21.7 Å². The lowest BCUT2D eigenvalue weighted by atomic mass is 10.1. The van der Waals surface area contributed by atoms with Gasteiger partial charge in [-0.05, 0) is 29.8 Å². The van der Waals surface area contributed by atoms with Gasteiger partial charge in [-0.2, -0.15) is 0 Å². The van der Waals surface area contributed by atoms with Gasteiger partial charge in [0.15, 0.2) is 5.01 Å². The molecule has 1 saturated heterocycles. The third-order valence-electron chi connectivity index (χ3n) is 5.01. The molecule has 3 aromatic rings. The Balaban J connectivity index is 1.77. The molecule has 11 heteroatoms. The molecule has 0 spiro atoms.